The zero-order valence-corrected chi connectivity index (χ0v) is 15.0. The number of carboxylic acid groups (broad SMARTS) is 1. The molecule has 0 unspecified atom stereocenters. The third-order valence-electron chi connectivity index (χ3n) is 5.40. The van der Waals surface area contributed by atoms with E-state index >= 15 is 0 Å². The normalized spacial score (nSPS) is 22.5. The third kappa shape index (κ3) is 2.99. The molecule has 5 heteroatoms. The first kappa shape index (κ1) is 17.3. The number of benzene rings is 2. The number of allylic oxidation sites excluding steroid dienone is 2. The van der Waals surface area contributed by atoms with Gasteiger partial charge in [0.05, 0.1) is 23.8 Å². The van der Waals surface area contributed by atoms with Gasteiger partial charge in [-0.25, -0.2) is 9.59 Å². The maximum absolute atomic E-state index is 12.1. The highest BCUT2D eigenvalue weighted by atomic mass is 16.5. The lowest BCUT2D eigenvalue weighted by molar-refractivity contribution is 0.0525. The number of carbonyl (C=O) groups is 2. The van der Waals surface area contributed by atoms with Gasteiger partial charge in [-0.3, -0.25) is 0 Å². The lowest BCUT2D eigenvalue weighted by Gasteiger charge is -2.38. The molecule has 2 aliphatic rings. The molecule has 3 atom stereocenters. The number of rotatable bonds is 4. The van der Waals surface area contributed by atoms with Crippen molar-refractivity contribution in [1.29, 1.82) is 0 Å². The summed E-state index contributed by atoms with van der Waals surface area (Å²) >= 11 is 0. The summed E-state index contributed by atoms with van der Waals surface area (Å²) in [4.78, 5) is 23.8. The van der Waals surface area contributed by atoms with Crippen LogP contribution in [0.2, 0.25) is 0 Å². The Morgan fingerprint density at radius 2 is 2.00 bits per heavy atom. The van der Waals surface area contributed by atoms with E-state index < -0.39 is 5.97 Å². The van der Waals surface area contributed by atoms with Crippen LogP contribution in [-0.2, 0) is 4.74 Å². The molecule has 2 aromatic carbocycles. The molecule has 2 N–H and O–H groups in total. The van der Waals surface area contributed by atoms with Crippen LogP contribution in [0.25, 0.3) is 0 Å². The van der Waals surface area contributed by atoms with Gasteiger partial charge >= 0.3 is 11.9 Å². The highest BCUT2D eigenvalue weighted by Gasteiger charge is 2.39. The molecule has 4 rings (SSSR count). The Morgan fingerprint density at radius 3 is 2.78 bits per heavy atom. The second-order valence-corrected chi connectivity index (χ2v) is 6.89. The van der Waals surface area contributed by atoms with Crippen LogP contribution in [0.4, 0.5) is 5.69 Å². The summed E-state index contributed by atoms with van der Waals surface area (Å²) in [6.07, 6.45) is 5.16. The van der Waals surface area contributed by atoms with Gasteiger partial charge in [-0.15, -0.1) is 0 Å². The van der Waals surface area contributed by atoms with Crippen LogP contribution >= 0.6 is 0 Å². The molecule has 0 bridgehead atoms. The van der Waals surface area contributed by atoms with Gasteiger partial charge < -0.3 is 15.2 Å². The van der Waals surface area contributed by atoms with E-state index in [0.717, 1.165) is 23.2 Å². The molecule has 1 aliphatic heterocycles. The van der Waals surface area contributed by atoms with Crippen molar-refractivity contribution in [2.45, 2.75) is 25.3 Å². The van der Waals surface area contributed by atoms with Crippen molar-refractivity contribution < 1.29 is 19.4 Å². The Kier molecular flexibility index (Phi) is 4.44. The minimum atomic E-state index is -0.918. The van der Waals surface area contributed by atoms with E-state index in [4.69, 9.17) is 4.74 Å². The first-order valence-electron chi connectivity index (χ1n) is 9.16. The highest BCUT2D eigenvalue weighted by molar-refractivity contribution is 5.91. The zero-order valence-electron chi connectivity index (χ0n) is 15.0. The quantitative estimate of drug-likeness (QED) is 0.622. The Balaban J connectivity index is 1.75. The van der Waals surface area contributed by atoms with Crippen LogP contribution in [0.3, 0.4) is 0 Å². The van der Waals surface area contributed by atoms with E-state index in [0.29, 0.717) is 17.7 Å². The molecule has 1 aliphatic carbocycles. The van der Waals surface area contributed by atoms with Crippen LogP contribution in [0.1, 0.15) is 57.1 Å². The van der Waals surface area contributed by atoms with Crippen LogP contribution < -0.4 is 5.32 Å². The van der Waals surface area contributed by atoms with E-state index in [1.54, 1.807) is 25.1 Å². The molecule has 0 aromatic heterocycles. The number of carboxylic acids is 1. The molecule has 0 saturated carbocycles. The third-order valence-corrected chi connectivity index (χ3v) is 5.40. The standard InChI is InChI=1S/C22H21NO4/c1-2-27-22(26)13-10-11-19-18(12-13)14-8-5-9-15(14)20(23-19)16-6-3-4-7-17(16)21(24)25/h3-8,10-12,14-15,20,23H,2,9H2,1H3,(H,24,25)/t14-,15+,20-/m1/s1. The van der Waals surface area contributed by atoms with Crippen molar-refractivity contribution in [2.75, 3.05) is 11.9 Å². The molecule has 1 heterocycles. The van der Waals surface area contributed by atoms with Gasteiger partial charge in [-0.1, -0.05) is 30.4 Å². The number of hydrogen-bond acceptors (Lipinski definition) is 4. The molecule has 0 radical (unpaired) electrons. The summed E-state index contributed by atoms with van der Waals surface area (Å²) in [6.45, 7) is 2.13. The van der Waals surface area contributed by atoms with E-state index in [2.05, 4.69) is 17.5 Å². The minimum absolute atomic E-state index is 0.0988. The smallest absolute Gasteiger partial charge is 0.338 e. The average molecular weight is 363 g/mol. The Labute approximate surface area is 157 Å². The predicted octanol–water partition coefficient (Wildman–Crippen LogP) is 4.39. The Hall–Kier alpha value is -3.08. The van der Waals surface area contributed by atoms with Gasteiger partial charge in [0.1, 0.15) is 0 Å². The summed E-state index contributed by atoms with van der Waals surface area (Å²) in [5.74, 6) is -0.895. The molecule has 5 nitrogen and oxygen atoms in total. The molecule has 0 saturated heterocycles. The van der Waals surface area contributed by atoms with Crippen LogP contribution in [0.15, 0.2) is 54.6 Å². The molecule has 0 fully saturated rings. The Bertz CT molecular complexity index is 934. The van der Waals surface area contributed by atoms with Crippen molar-refractivity contribution >= 4 is 17.6 Å². The summed E-state index contributed by atoms with van der Waals surface area (Å²) in [7, 11) is 0. The van der Waals surface area contributed by atoms with E-state index in [-0.39, 0.29) is 23.8 Å². The first-order chi connectivity index (χ1) is 13.1. The minimum Gasteiger partial charge on any atom is -0.478 e. The molecule has 2 aromatic rings. The predicted molar refractivity (Wildman–Crippen MR) is 102 cm³/mol. The van der Waals surface area contributed by atoms with Gasteiger partial charge in [-0.05, 0) is 54.7 Å². The van der Waals surface area contributed by atoms with Gasteiger partial charge in [-0.2, -0.15) is 0 Å². The summed E-state index contributed by atoms with van der Waals surface area (Å²) in [5.41, 5.74) is 3.65. The van der Waals surface area contributed by atoms with Gasteiger partial charge in [0.2, 0.25) is 0 Å². The van der Waals surface area contributed by atoms with E-state index in [9.17, 15) is 14.7 Å². The van der Waals surface area contributed by atoms with Crippen molar-refractivity contribution in [3.8, 4) is 0 Å². The number of aromatic carboxylic acids is 1. The highest BCUT2D eigenvalue weighted by Crippen LogP contribution is 2.50. The summed E-state index contributed by atoms with van der Waals surface area (Å²) < 4.78 is 5.12. The van der Waals surface area contributed by atoms with Gasteiger partial charge in [0.15, 0.2) is 0 Å². The van der Waals surface area contributed by atoms with Crippen LogP contribution in [0.5, 0.6) is 0 Å². The fraction of sp³-hybridized carbons (Fsp3) is 0.273. The molecule has 0 spiro atoms. The zero-order chi connectivity index (χ0) is 19.0. The second-order valence-electron chi connectivity index (χ2n) is 6.89. The van der Waals surface area contributed by atoms with Gasteiger partial charge in [0, 0.05) is 11.6 Å². The van der Waals surface area contributed by atoms with Crippen molar-refractivity contribution in [1.82, 2.24) is 0 Å². The number of carbonyl (C=O) groups excluding carboxylic acids is 1. The summed E-state index contributed by atoms with van der Waals surface area (Å²) in [5, 5.41) is 13.1. The van der Waals surface area contributed by atoms with E-state index in [1.165, 1.54) is 0 Å². The number of hydrogen-bond donors (Lipinski definition) is 2. The van der Waals surface area contributed by atoms with E-state index in [1.807, 2.05) is 24.3 Å². The van der Waals surface area contributed by atoms with Crippen molar-refractivity contribution in [2.24, 2.45) is 5.92 Å². The largest absolute Gasteiger partial charge is 0.478 e. The SMILES string of the molecule is CCOC(=O)c1ccc2c(c1)[C@@H]1C=CC[C@@H]1[C@H](c1ccccc1C(=O)O)N2. The lowest BCUT2D eigenvalue weighted by atomic mass is 9.76. The summed E-state index contributed by atoms with van der Waals surface area (Å²) in [6, 6.07) is 12.6. The monoisotopic (exact) mass is 363 g/mol. The molecule has 0 amide bonds. The topological polar surface area (TPSA) is 75.6 Å². The maximum atomic E-state index is 12.1. The van der Waals surface area contributed by atoms with Crippen molar-refractivity contribution in [3.05, 3.63) is 76.9 Å². The van der Waals surface area contributed by atoms with Crippen LogP contribution in [0, 0.1) is 5.92 Å². The fourth-order valence-electron chi connectivity index (χ4n) is 4.21. The molecule has 27 heavy (non-hydrogen) atoms. The Morgan fingerprint density at radius 1 is 1.19 bits per heavy atom. The van der Waals surface area contributed by atoms with Crippen LogP contribution in [-0.4, -0.2) is 23.7 Å². The first-order valence-corrected chi connectivity index (χ1v) is 9.16. The fourth-order valence-corrected chi connectivity index (χ4v) is 4.21. The number of ether oxygens (including phenoxy) is 1. The second kappa shape index (κ2) is 6.91. The van der Waals surface area contributed by atoms with Gasteiger partial charge in [0.25, 0.3) is 0 Å². The molecule has 138 valence electrons. The number of fused-ring (bicyclic) bond motifs is 3. The number of nitrogens with one attached hydrogen (secondary N) is 1. The lowest BCUT2D eigenvalue weighted by Crippen LogP contribution is -2.30. The molecular formula is C22H21NO4. The molecular weight excluding hydrogens is 342 g/mol. The number of esters is 1. The number of anilines is 1. The van der Waals surface area contributed by atoms with Crippen molar-refractivity contribution in [3.63, 3.8) is 0 Å². The maximum Gasteiger partial charge on any atom is 0.338 e. The average Bonchev–Trinajstić information content (AvgIpc) is 3.17.